The maximum absolute atomic E-state index is 13.4. The van der Waals surface area contributed by atoms with Crippen molar-refractivity contribution in [1.29, 1.82) is 0 Å². The number of hydrogen-bond acceptors (Lipinski definition) is 4. The van der Waals surface area contributed by atoms with Crippen LogP contribution in [0.4, 0.5) is 8.78 Å². The number of carbonyl (C=O) groups excluding carboxylic acids is 1. The van der Waals surface area contributed by atoms with Crippen molar-refractivity contribution >= 4 is 30.8 Å². The minimum absolute atomic E-state index is 0. The Morgan fingerprint density at radius 1 is 1.27 bits per heavy atom. The summed E-state index contributed by atoms with van der Waals surface area (Å²) in [7, 11) is 0. The summed E-state index contributed by atoms with van der Waals surface area (Å²) >= 11 is 0. The van der Waals surface area contributed by atoms with Crippen LogP contribution in [0.1, 0.15) is 18.5 Å². The van der Waals surface area contributed by atoms with Gasteiger partial charge in [-0.1, -0.05) is 12.1 Å². The van der Waals surface area contributed by atoms with E-state index in [0.29, 0.717) is 37.5 Å². The lowest BCUT2D eigenvalue weighted by molar-refractivity contribution is -0.131. The predicted octanol–water partition coefficient (Wildman–Crippen LogP) is 2.67. The third kappa shape index (κ3) is 5.68. The van der Waals surface area contributed by atoms with E-state index < -0.39 is 18.4 Å². The fourth-order valence-corrected chi connectivity index (χ4v) is 2.40. The SMILES string of the molecule is CC(=O)Oc1cccc([C@H](C(F)F)N2CCNCC2)c1.Cl.Cl. The number of piperazine rings is 1. The highest BCUT2D eigenvalue weighted by Crippen LogP contribution is 2.30. The largest absolute Gasteiger partial charge is 0.427 e. The number of esters is 1. The van der Waals surface area contributed by atoms with Gasteiger partial charge in [-0.25, -0.2) is 8.78 Å². The van der Waals surface area contributed by atoms with Crippen LogP contribution in [0.3, 0.4) is 0 Å². The minimum atomic E-state index is -2.49. The van der Waals surface area contributed by atoms with Crippen molar-refractivity contribution in [2.75, 3.05) is 26.2 Å². The van der Waals surface area contributed by atoms with Crippen LogP contribution in [-0.2, 0) is 4.79 Å². The standard InChI is InChI=1S/C14H18F2N2O2.2ClH/c1-10(19)20-12-4-2-3-11(9-12)13(14(15)16)18-7-5-17-6-8-18;;/h2-4,9,13-14,17H,5-8H2,1H3;2*1H/t13-;;/m1../s1. The lowest BCUT2D eigenvalue weighted by atomic mass is 10.0. The van der Waals surface area contributed by atoms with E-state index in [-0.39, 0.29) is 24.8 Å². The smallest absolute Gasteiger partial charge is 0.308 e. The zero-order valence-electron chi connectivity index (χ0n) is 12.1. The van der Waals surface area contributed by atoms with E-state index in [2.05, 4.69) is 5.32 Å². The number of carbonyl (C=O) groups is 1. The Labute approximate surface area is 141 Å². The van der Waals surface area contributed by atoms with Crippen molar-refractivity contribution in [3.63, 3.8) is 0 Å². The molecule has 1 N–H and O–H groups in total. The van der Waals surface area contributed by atoms with Crippen LogP contribution in [0.25, 0.3) is 0 Å². The summed E-state index contributed by atoms with van der Waals surface area (Å²) in [5.41, 5.74) is 0.473. The van der Waals surface area contributed by atoms with Crippen LogP contribution < -0.4 is 10.1 Å². The number of ether oxygens (including phenoxy) is 1. The molecule has 2 rings (SSSR count). The van der Waals surface area contributed by atoms with E-state index in [1.807, 2.05) is 0 Å². The number of halogens is 4. The predicted molar refractivity (Wildman–Crippen MR) is 85.4 cm³/mol. The van der Waals surface area contributed by atoms with Crippen LogP contribution in [0.2, 0.25) is 0 Å². The normalized spacial score (nSPS) is 16.4. The van der Waals surface area contributed by atoms with Crippen molar-refractivity contribution in [1.82, 2.24) is 10.2 Å². The van der Waals surface area contributed by atoms with Gasteiger partial charge < -0.3 is 10.1 Å². The molecular weight excluding hydrogens is 337 g/mol. The molecule has 4 nitrogen and oxygen atoms in total. The summed E-state index contributed by atoms with van der Waals surface area (Å²) in [6.45, 7) is 3.84. The fraction of sp³-hybridized carbons (Fsp3) is 0.500. The quantitative estimate of drug-likeness (QED) is 0.665. The first kappa shape index (κ1) is 21.0. The van der Waals surface area contributed by atoms with Crippen LogP contribution in [0.5, 0.6) is 5.75 Å². The average molecular weight is 357 g/mol. The molecule has 8 heteroatoms. The molecule has 1 saturated heterocycles. The highest BCUT2D eigenvalue weighted by atomic mass is 35.5. The Bertz CT molecular complexity index is 472. The molecule has 1 atom stereocenters. The van der Waals surface area contributed by atoms with E-state index in [0.717, 1.165) is 0 Å². The van der Waals surface area contributed by atoms with Gasteiger partial charge in [0.2, 0.25) is 0 Å². The minimum Gasteiger partial charge on any atom is -0.427 e. The third-order valence-electron chi connectivity index (χ3n) is 3.24. The summed E-state index contributed by atoms with van der Waals surface area (Å²) in [6.07, 6.45) is -2.49. The molecule has 1 aliphatic rings. The molecule has 1 aromatic rings. The lowest BCUT2D eigenvalue weighted by Crippen LogP contribution is -2.46. The number of hydrogen-bond donors (Lipinski definition) is 1. The second-order valence-electron chi connectivity index (χ2n) is 4.73. The molecule has 0 bridgehead atoms. The summed E-state index contributed by atoms with van der Waals surface area (Å²) in [5.74, 6) is -0.159. The first-order valence-corrected chi connectivity index (χ1v) is 6.59. The van der Waals surface area contributed by atoms with Gasteiger partial charge in [0.1, 0.15) is 5.75 Å². The molecule has 0 aromatic heterocycles. The Morgan fingerprint density at radius 3 is 2.45 bits per heavy atom. The van der Waals surface area contributed by atoms with Crippen LogP contribution in [0.15, 0.2) is 24.3 Å². The molecule has 0 aliphatic carbocycles. The molecule has 22 heavy (non-hydrogen) atoms. The zero-order valence-corrected chi connectivity index (χ0v) is 13.8. The van der Waals surface area contributed by atoms with Gasteiger partial charge in [0, 0.05) is 33.1 Å². The Kier molecular flexibility index (Phi) is 9.51. The van der Waals surface area contributed by atoms with E-state index in [1.54, 1.807) is 23.1 Å². The summed E-state index contributed by atoms with van der Waals surface area (Å²) < 4.78 is 31.7. The van der Waals surface area contributed by atoms with Crippen LogP contribution in [0, 0.1) is 0 Å². The van der Waals surface area contributed by atoms with E-state index >= 15 is 0 Å². The van der Waals surface area contributed by atoms with Gasteiger partial charge in [-0.3, -0.25) is 9.69 Å². The monoisotopic (exact) mass is 356 g/mol. The summed E-state index contributed by atoms with van der Waals surface area (Å²) in [4.78, 5) is 12.7. The average Bonchev–Trinajstić information content (AvgIpc) is 2.39. The molecule has 1 heterocycles. The molecule has 0 unspecified atom stereocenters. The molecule has 126 valence electrons. The van der Waals surface area contributed by atoms with Gasteiger partial charge in [-0.15, -0.1) is 24.8 Å². The topological polar surface area (TPSA) is 41.6 Å². The van der Waals surface area contributed by atoms with E-state index in [4.69, 9.17) is 4.74 Å². The third-order valence-corrected chi connectivity index (χ3v) is 3.24. The number of nitrogens with zero attached hydrogens (tertiary/aromatic N) is 1. The van der Waals surface area contributed by atoms with E-state index in [1.165, 1.54) is 13.0 Å². The second kappa shape index (κ2) is 9.94. The van der Waals surface area contributed by atoms with Crippen molar-refractivity contribution in [2.24, 2.45) is 0 Å². The maximum Gasteiger partial charge on any atom is 0.308 e. The molecule has 1 aliphatic heterocycles. The zero-order chi connectivity index (χ0) is 14.5. The molecule has 0 amide bonds. The van der Waals surface area contributed by atoms with Crippen molar-refractivity contribution < 1.29 is 18.3 Å². The van der Waals surface area contributed by atoms with Crippen molar-refractivity contribution in [3.05, 3.63) is 29.8 Å². The first-order chi connectivity index (χ1) is 9.58. The Morgan fingerprint density at radius 2 is 1.91 bits per heavy atom. The Balaban J connectivity index is 0.00000220. The van der Waals surface area contributed by atoms with Gasteiger partial charge in [0.15, 0.2) is 0 Å². The van der Waals surface area contributed by atoms with Crippen LogP contribution >= 0.6 is 24.8 Å². The van der Waals surface area contributed by atoms with Crippen LogP contribution in [-0.4, -0.2) is 43.5 Å². The molecule has 1 aromatic carbocycles. The second-order valence-corrected chi connectivity index (χ2v) is 4.73. The summed E-state index contributed by atoms with van der Waals surface area (Å²) in [6, 6.07) is 5.41. The van der Waals surface area contributed by atoms with Gasteiger partial charge in [0.05, 0.1) is 6.04 Å². The van der Waals surface area contributed by atoms with Gasteiger partial charge in [-0.2, -0.15) is 0 Å². The molecule has 1 fully saturated rings. The van der Waals surface area contributed by atoms with Gasteiger partial charge in [0.25, 0.3) is 6.43 Å². The highest BCUT2D eigenvalue weighted by molar-refractivity contribution is 5.85. The number of benzene rings is 1. The number of nitrogens with one attached hydrogen (secondary N) is 1. The molecule has 0 radical (unpaired) electrons. The fourth-order valence-electron chi connectivity index (χ4n) is 2.40. The number of rotatable bonds is 4. The lowest BCUT2D eigenvalue weighted by Gasteiger charge is -2.34. The van der Waals surface area contributed by atoms with Gasteiger partial charge in [-0.05, 0) is 17.7 Å². The number of alkyl halides is 2. The Hall–Kier alpha value is -0.950. The first-order valence-electron chi connectivity index (χ1n) is 6.59. The summed E-state index contributed by atoms with van der Waals surface area (Å²) in [5, 5.41) is 3.14. The molecular formula is C14H20Cl2F2N2O2. The van der Waals surface area contributed by atoms with Gasteiger partial charge >= 0.3 is 5.97 Å². The highest BCUT2D eigenvalue weighted by Gasteiger charge is 2.30. The van der Waals surface area contributed by atoms with E-state index in [9.17, 15) is 13.6 Å². The maximum atomic E-state index is 13.4. The molecule has 0 saturated carbocycles. The molecule has 0 spiro atoms. The van der Waals surface area contributed by atoms with Crippen molar-refractivity contribution in [3.8, 4) is 5.75 Å². The van der Waals surface area contributed by atoms with Crippen molar-refractivity contribution in [2.45, 2.75) is 19.4 Å².